The van der Waals surface area contributed by atoms with E-state index in [4.69, 9.17) is 10.5 Å². The normalized spacial score (nSPS) is 13.0. The van der Waals surface area contributed by atoms with Crippen molar-refractivity contribution in [2.24, 2.45) is 0 Å². The van der Waals surface area contributed by atoms with E-state index in [1.165, 1.54) is 0 Å². The fraction of sp³-hybridized carbons (Fsp3) is 0.692. The molecule has 0 aliphatic carbocycles. The number of anilines is 1. The Bertz CT molecular complexity index is 347. The van der Waals surface area contributed by atoms with Gasteiger partial charge in [-0.25, -0.2) is 9.97 Å². The van der Waals surface area contributed by atoms with Crippen molar-refractivity contribution < 1.29 is 4.74 Å². The summed E-state index contributed by atoms with van der Waals surface area (Å²) in [6, 6.07) is 1.84. The van der Waals surface area contributed by atoms with Gasteiger partial charge in [0.2, 0.25) is 0 Å². The van der Waals surface area contributed by atoms with Crippen LogP contribution in [-0.4, -0.2) is 16.6 Å². The van der Waals surface area contributed by atoms with Gasteiger partial charge in [0, 0.05) is 18.4 Å². The van der Waals surface area contributed by atoms with Crippen LogP contribution in [0.4, 0.5) is 5.82 Å². The fourth-order valence-corrected chi connectivity index (χ4v) is 1.70. The Morgan fingerprint density at radius 2 is 2.00 bits per heavy atom. The van der Waals surface area contributed by atoms with Crippen LogP contribution in [0.15, 0.2) is 6.07 Å². The van der Waals surface area contributed by atoms with E-state index in [9.17, 15) is 0 Å². The molecule has 0 radical (unpaired) electrons. The van der Waals surface area contributed by atoms with E-state index in [1.807, 2.05) is 13.0 Å². The van der Waals surface area contributed by atoms with E-state index >= 15 is 0 Å². The molecule has 1 aromatic rings. The third-order valence-electron chi connectivity index (χ3n) is 2.58. The van der Waals surface area contributed by atoms with Crippen molar-refractivity contribution in [2.75, 3.05) is 12.3 Å². The lowest BCUT2D eigenvalue weighted by atomic mass is 10.1. The van der Waals surface area contributed by atoms with Crippen LogP contribution in [0.1, 0.15) is 64.1 Å². The second kappa shape index (κ2) is 6.55. The second-order valence-electron chi connectivity index (χ2n) is 4.46. The van der Waals surface area contributed by atoms with Gasteiger partial charge in [-0.2, -0.15) is 0 Å². The van der Waals surface area contributed by atoms with Gasteiger partial charge in [-0.05, 0) is 19.3 Å². The van der Waals surface area contributed by atoms with Gasteiger partial charge in [-0.1, -0.05) is 27.2 Å². The maximum absolute atomic E-state index is 5.82. The average Bonchev–Trinajstić information content (AvgIpc) is 2.28. The number of aromatic nitrogens is 2. The van der Waals surface area contributed by atoms with Gasteiger partial charge in [-0.15, -0.1) is 0 Å². The summed E-state index contributed by atoms with van der Waals surface area (Å²) in [5.74, 6) is 1.60. The minimum absolute atomic E-state index is 0.0361. The number of nitrogens with two attached hydrogens (primary N) is 1. The third-order valence-corrected chi connectivity index (χ3v) is 2.58. The second-order valence-corrected chi connectivity index (χ2v) is 4.46. The zero-order chi connectivity index (χ0) is 12.8. The molecule has 0 bridgehead atoms. The van der Waals surface area contributed by atoms with Crippen LogP contribution in [0, 0.1) is 0 Å². The van der Waals surface area contributed by atoms with Crippen molar-refractivity contribution in [1.29, 1.82) is 0 Å². The standard InChI is InChI=1S/C13H23N3O/c1-5-7-11(17-6-2)13-15-10(9(3)4)8-12(14)16-13/h8-9,11H,5-7H2,1-4H3,(H2,14,15,16). The lowest BCUT2D eigenvalue weighted by Gasteiger charge is -2.16. The number of hydrogen-bond donors (Lipinski definition) is 1. The summed E-state index contributed by atoms with van der Waals surface area (Å²) in [4.78, 5) is 8.85. The Balaban J connectivity index is 3.00. The predicted molar refractivity (Wildman–Crippen MR) is 69.8 cm³/mol. The average molecular weight is 237 g/mol. The van der Waals surface area contributed by atoms with E-state index in [2.05, 4.69) is 30.7 Å². The third kappa shape index (κ3) is 3.97. The predicted octanol–water partition coefficient (Wildman–Crippen LogP) is 3.06. The molecule has 96 valence electrons. The summed E-state index contributed by atoms with van der Waals surface area (Å²) in [7, 11) is 0. The van der Waals surface area contributed by atoms with Crippen molar-refractivity contribution in [2.45, 2.75) is 52.6 Å². The highest BCUT2D eigenvalue weighted by atomic mass is 16.5. The summed E-state index contributed by atoms with van der Waals surface area (Å²) < 4.78 is 5.68. The number of ether oxygens (including phenoxy) is 1. The van der Waals surface area contributed by atoms with Gasteiger partial charge < -0.3 is 10.5 Å². The molecular formula is C13H23N3O. The highest BCUT2D eigenvalue weighted by Gasteiger charge is 2.16. The van der Waals surface area contributed by atoms with E-state index < -0.39 is 0 Å². The molecule has 1 aromatic heterocycles. The Morgan fingerprint density at radius 1 is 1.29 bits per heavy atom. The van der Waals surface area contributed by atoms with Crippen molar-refractivity contribution in [3.8, 4) is 0 Å². The molecule has 0 aromatic carbocycles. The fourth-order valence-electron chi connectivity index (χ4n) is 1.70. The number of rotatable bonds is 6. The topological polar surface area (TPSA) is 61.0 Å². The van der Waals surface area contributed by atoms with Crippen LogP contribution < -0.4 is 5.73 Å². The van der Waals surface area contributed by atoms with Crippen LogP contribution >= 0.6 is 0 Å². The zero-order valence-corrected chi connectivity index (χ0v) is 11.2. The minimum atomic E-state index is -0.0361. The van der Waals surface area contributed by atoms with Crippen molar-refractivity contribution in [3.63, 3.8) is 0 Å². The molecule has 1 atom stereocenters. The number of hydrogen-bond acceptors (Lipinski definition) is 4. The van der Waals surface area contributed by atoms with Crippen molar-refractivity contribution in [3.05, 3.63) is 17.6 Å². The SMILES string of the molecule is CCCC(OCC)c1nc(N)cc(C(C)C)n1. The van der Waals surface area contributed by atoms with Gasteiger partial charge in [0.15, 0.2) is 5.82 Å². The van der Waals surface area contributed by atoms with Gasteiger partial charge in [0.1, 0.15) is 11.9 Å². The van der Waals surface area contributed by atoms with Crippen molar-refractivity contribution in [1.82, 2.24) is 9.97 Å². The van der Waals surface area contributed by atoms with Gasteiger partial charge >= 0.3 is 0 Å². The molecule has 2 N–H and O–H groups in total. The first-order valence-corrected chi connectivity index (χ1v) is 6.34. The smallest absolute Gasteiger partial charge is 0.159 e. The molecule has 0 fully saturated rings. The lowest BCUT2D eigenvalue weighted by molar-refractivity contribution is 0.0493. The number of nitrogen functional groups attached to an aromatic ring is 1. The maximum atomic E-state index is 5.82. The molecule has 1 rings (SSSR count). The largest absolute Gasteiger partial charge is 0.384 e. The van der Waals surface area contributed by atoms with Crippen LogP contribution in [-0.2, 0) is 4.74 Å². The molecule has 0 amide bonds. The molecular weight excluding hydrogens is 214 g/mol. The summed E-state index contributed by atoms with van der Waals surface area (Å²) in [6.07, 6.45) is 1.93. The maximum Gasteiger partial charge on any atom is 0.159 e. The van der Waals surface area contributed by atoms with Crippen molar-refractivity contribution >= 4 is 5.82 Å². The molecule has 17 heavy (non-hydrogen) atoms. The van der Waals surface area contributed by atoms with Crippen LogP contribution in [0.2, 0.25) is 0 Å². The monoisotopic (exact) mass is 237 g/mol. The first kappa shape index (κ1) is 13.9. The lowest BCUT2D eigenvalue weighted by Crippen LogP contribution is -2.12. The molecule has 0 aliphatic heterocycles. The van der Waals surface area contributed by atoms with E-state index in [1.54, 1.807) is 0 Å². The molecule has 1 heterocycles. The number of nitrogens with zero attached hydrogens (tertiary/aromatic N) is 2. The quantitative estimate of drug-likeness (QED) is 0.826. The molecule has 1 unspecified atom stereocenters. The van der Waals surface area contributed by atoms with E-state index in [0.717, 1.165) is 24.4 Å². The molecule has 0 aliphatic rings. The summed E-state index contributed by atoms with van der Waals surface area (Å²) in [5.41, 5.74) is 6.80. The highest BCUT2D eigenvalue weighted by Crippen LogP contribution is 2.22. The van der Waals surface area contributed by atoms with E-state index in [-0.39, 0.29) is 6.10 Å². The summed E-state index contributed by atoms with van der Waals surface area (Å²) >= 11 is 0. The molecule has 0 saturated heterocycles. The highest BCUT2D eigenvalue weighted by molar-refractivity contribution is 5.31. The minimum Gasteiger partial charge on any atom is -0.384 e. The zero-order valence-electron chi connectivity index (χ0n) is 11.2. The molecule has 4 nitrogen and oxygen atoms in total. The Hall–Kier alpha value is -1.16. The molecule has 0 spiro atoms. The van der Waals surface area contributed by atoms with E-state index in [0.29, 0.717) is 18.3 Å². The van der Waals surface area contributed by atoms with Gasteiger partial charge in [0.25, 0.3) is 0 Å². The van der Waals surface area contributed by atoms with Gasteiger partial charge in [0.05, 0.1) is 0 Å². The molecule has 0 saturated carbocycles. The first-order chi connectivity index (χ1) is 8.08. The Kier molecular flexibility index (Phi) is 5.35. The first-order valence-electron chi connectivity index (χ1n) is 6.34. The van der Waals surface area contributed by atoms with Crippen LogP contribution in [0.5, 0.6) is 0 Å². The molecule has 4 heteroatoms. The summed E-state index contributed by atoms with van der Waals surface area (Å²) in [6.45, 7) is 8.97. The van der Waals surface area contributed by atoms with Crippen LogP contribution in [0.25, 0.3) is 0 Å². The summed E-state index contributed by atoms with van der Waals surface area (Å²) in [5, 5.41) is 0. The Labute approximate surface area is 104 Å². The Morgan fingerprint density at radius 3 is 2.53 bits per heavy atom. The van der Waals surface area contributed by atoms with Crippen LogP contribution in [0.3, 0.4) is 0 Å². The van der Waals surface area contributed by atoms with Gasteiger partial charge in [-0.3, -0.25) is 0 Å².